The summed E-state index contributed by atoms with van der Waals surface area (Å²) < 4.78 is 5.86. The predicted molar refractivity (Wildman–Crippen MR) is 134 cm³/mol. The number of carbonyl (C=O) groups is 1. The lowest BCUT2D eigenvalue weighted by Gasteiger charge is -2.06. The molecule has 0 amide bonds. The summed E-state index contributed by atoms with van der Waals surface area (Å²) in [5, 5.41) is 9.85. The predicted octanol–water partition coefficient (Wildman–Crippen LogP) is 6.84. The highest BCUT2D eigenvalue weighted by Gasteiger charge is 2.10. The maximum absolute atomic E-state index is 10.8. The number of benzene rings is 1. The molecule has 2 aromatic heterocycles. The Bertz CT molecular complexity index is 1120. The molecule has 0 atom stereocenters. The van der Waals surface area contributed by atoms with Gasteiger partial charge in [-0.3, -0.25) is 9.78 Å². The van der Waals surface area contributed by atoms with Gasteiger partial charge in [-0.05, 0) is 44.9 Å². The first-order chi connectivity index (χ1) is 16.0. The molecular weight excluding hydrogens is 432 g/mol. The van der Waals surface area contributed by atoms with Gasteiger partial charge in [-0.2, -0.15) is 0 Å². The number of rotatable bonds is 11. The largest absolute Gasteiger partial charge is 0.498 e. The molecule has 1 aromatic carbocycles. The summed E-state index contributed by atoms with van der Waals surface area (Å²) in [5.74, 6) is 0.0444. The Morgan fingerprint density at radius 3 is 2.52 bits per heavy atom. The Balaban J connectivity index is 1.57. The summed E-state index contributed by atoms with van der Waals surface area (Å²) in [6.07, 6.45) is 7.99. The van der Waals surface area contributed by atoms with E-state index in [1.807, 2.05) is 44.2 Å². The van der Waals surface area contributed by atoms with Crippen molar-refractivity contribution in [2.45, 2.75) is 46.5 Å². The number of thiazole rings is 1. The summed E-state index contributed by atoms with van der Waals surface area (Å²) in [6, 6.07) is 14.3. The minimum Gasteiger partial charge on any atom is -0.498 e. The lowest BCUT2D eigenvalue weighted by atomic mass is 10.1. The molecule has 0 spiro atoms. The summed E-state index contributed by atoms with van der Waals surface area (Å²) in [5.41, 5.74) is 5.32. The van der Waals surface area contributed by atoms with Crippen molar-refractivity contribution in [2.24, 2.45) is 0 Å². The first-order valence-corrected chi connectivity index (χ1v) is 12.0. The van der Waals surface area contributed by atoms with Crippen LogP contribution in [0.4, 0.5) is 0 Å². The molecule has 0 saturated carbocycles. The summed E-state index contributed by atoms with van der Waals surface area (Å²) in [7, 11) is 0. The Kier molecular flexibility index (Phi) is 8.95. The number of ether oxygens (including phenoxy) is 1. The second-order valence-corrected chi connectivity index (χ2v) is 8.97. The average molecular weight is 463 g/mol. The van der Waals surface area contributed by atoms with Crippen molar-refractivity contribution in [3.05, 3.63) is 82.7 Å². The van der Waals surface area contributed by atoms with Gasteiger partial charge in [0.25, 0.3) is 0 Å². The van der Waals surface area contributed by atoms with Crippen LogP contribution in [-0.2, 0) is 16.0 Å². The van der Waals surface area contributed by atoms with Gasteiger partial charge < -0.3 is 9.84 Å². The molecule has 33 heavy (non-hydrogen) atoms. The number of hydrogen-bond acceptors (Lipinski definition) is 5. The normalized spacial score (nSPS) is 12.1. The highest BCUT2D eigenvalue weighted by Crippen LogP contribution is 2.29. The number of carboxylic acid groups (broad SMARTS) is 1. The molecule has 0 aliphatic carbocycles. The van der Waals surface area contributed by atoms with Crippen LogP contribution in [0, 0.1) is 6.92 Å². The van der Waals surface area contributed by atoms with Crippen molar-refractivity contribution in [2.75, 3.05) is 6.61 Å². The van der Waals surface area contributed by atoms with Crippen LogP contribution in [0.15, 0.2) is 72.1 Å². The zero-order valence-electron chi connectivity index (χ0n) is 19.4. The second kappa shape index (κ2) is 12.1. The molecule has 0 radical (unpaired) electrons. The van der Waals surface area contributed by atoms with Gasteiger partial charge in [0.05, 0.1) is 23.8 Å². The molecule has 0 fully saturated rings. The van der Waals surface area contributed by atoms with Gasteiger partial charge in [-0.15, -0.1) is 11.3 Å². The third-order valence-electron chi connectivity index (χ3n) is 5.32. The summed E-state index contributed by atoms with van der Waals surface area (Å²) >= 11 is 1.70. The maximum atomic E-state index is 10.8. The number of aryl methyl sites for hydroxylation is 1. The minimum atomic E-state index is -0.770. The van der Waals surface area contributed by atoms with Crippen molar-refractivity contribution >= 4 is 17.3 Å². The molecular formula is C27H30N2O3S. The lowest BCUT2D eigenvalue weighted by molar-refractivity contribution is -0.136. The van der Waals surface area contributed by atoms with Gasteiger partial charge in [-0.25, -0.2) is 4.98 Å². The Morgan fingerprint density at radius 1 is 1.09 bits per heavy atom. The van der Waals surface area contributed by atoms with Crippen LogP contribution in [0.25, 0.3) is 21.8 Å². The van der Waals surface area contributed by atoms with E-state index in [-0.39, 0.29) is 6.42 Å². The van der Waals surface area contributed by atoms with E-state index in [0.717, 1.165) is 51.7 Å². The number of carboxylic acids is 1. The van der Waals surface area contributed by atoms with Crippen LogP contribution in [-0.4, -0.2) is 27.7 Å². The van der Waals surface area contributed by atoms with Gasteiger partial charge in [0.2, 0.25) is 0 Å². The SMILES string of the molecule is CC/C(=C\C=C(/C)OCCc1nc(-c2ccc(-c3ccccn3)cc2)sc1C)CCC(=O)O. The molecule has 2 heterocycles. The summed E-state index contributed by atoms with van der Waals surface area (Å²) in [4.78, 5) is 21.2. The van der Waals surface area contributed by atoms with Crippen LogP contribution in [0.3, 0.4) is 0 Å². The van der Waals surface area contributed by atoms with E-state index in [4.69, 9.17) is 14.8 Å². The topological polar surface area (TPSA) is 72.3 Å². The summed E-state index contributed by atoms with van der Waals surface area (Å²) in [6.45, 7) is 6.60. The Labute approximate surface area is 199 Å². The molecule has 0 saturated heterocycles. The van der Waals surface area contributed by atoms with Crippen molar-refractivity contribution in [1.29, 1.82) is 0 Å². The maximum Gasteiger partial charge on any atom is 0.303 e. The van der Waals surface area contributed by atoms with E-state index in [1.165, 1.54) is 4.88 Å². The van der Waals surface area contributed by atoms with Crippen LogP contribution in [0.1, 0.15) is 43.7 Å². The molecule has 3 aromatic rings. The van der Waals surface area contributed by atoms with Crippen molar-refractivity contribution < 1.29 is 14.6 Å². The average Bonchev–Trinajstić information content (AvgIpc) is 3.20. The lowest BCUT2D eigenvalue weighted by Crippen LogP contribution is -1.99. The molecule has 172 valence electrons. The standard InChI is InChI=1S/C27H30N2O3S/c1-4-21(10-15-26(30)31)9-8-19(2)32-18-16-24-20(3)33-27(29-24)23-13-11-22(12-14-23)25-7-5-6-17-28-25/h5-9,11-14,17H,4,10,15-16,18H2,1-3H3,(H,30,31)/b19-8+,21-9+. The molecule has 0 bridgehead atoms. The number of pyridine rings is 1. The van der Waals surface area contributed by atoms with Gasteiger partial charge in [0.15, 0.2) is 0 Å². The van der Waals surface area contributed by atoms with Crippen molar-refractivity contribution in [3.63, 3.8) is 0 Å². The molecule has 3 rings (SSSR count). The number of aliphatic carboxylic acids is 1. The van der Waals surface area contributed by atoms with Gasteiger partial charge >= 0.3 is 5.97 Å². The van der Waals surface area contributed by atoms with Crippen LogP contribution < -0.4 is 0 Å². The minimum absolute atomic E-state index is 0.157. The number of aromatic nitrogens is 2. The third-order valence-corrected chi connectivity index (χ3v) is 6.38. The molecule has 0 unspecified atom stereocenters. The molecule has 0 aliphatic heterocycles. The third kappa shape index (κ3) is 7.39. The number of nitrogens with zero attached hydrogens (tertiary/aromatic N) is 2. The number of hydrogen-bond donors (Lipinski definition) is 1. The monoisotopic (exact) mass is 462 g/mol. The Morgan fingerprint density at radius 2 is 1.85 bits per heavy atom. The van der Waals surface area contributed by atoms with Gasteiger partial charge in [0, 0.05) is 35.0 Å². The fourth-order valence-corrected chi connectivity index (χ4v) is 4.30. The van der Waals surface area contributed by atoms with Crippen molar-refractivity contribution in [1.82, 2.24) is 9.97 Å². The van der Waals surface area contributed by atoms with E-state index >= 15 is 0 Å². The van der Waals surface area contributed by atoms with E-state index in [1.54, 1.807) is 17.5 Å². The van der Waals surface area contributed by atoms with E-state index in [2.05, 4.69) is 36.2 Å². The zero-order valence-corrected chi connectivity index (χ0v) is 20.2. The second-order valence-electron chi connectivity index (χ2n) is 7.76. The first-order valence-electron chi connectivity index (χ1n) is 11.1. The Hall–Kier alpha value is -3.25. The molecule has 1 N–H and O–H groups in total. The van der Waals surface area contributed by atoms with E-state index in [9.17, 15) is 4.79 Å². The van der Waals surface area contributed by atoms with Crippen LogP contribution in [0.5, 0.6) is 0 Å². The van der Waals surface area contributed by atoms with E-state index < -0.39 is 5.97 Å². The zero-order chi connectivity index (χ0) is 23.6. The highest BCUT2D eigenvalue weighted by atomic mass is 32.1. The fourth-order valence-electron chi connectivity index (χ4n) is 3.34. The van der Waals surface area contributed by atoms with Crippen molar-refractivity contribution in [3.8, 4) is 21.8 Å². The first kappa shape index (κ1) is 24.4. The van der Waals surface area contributed by atoms with Crippen LogP contribution >= 0.6 is 11.3 Å². The fraction of sp³-hybridized carbons (Fsp3) is 0.296. The van der Waals surface area contributed by atoms with E-state index in [0.29, 0.717) is 13.0 Å². The molecule has 5 nitrogen and oxygen atoms in total. The molecule has 6 heteroatoms. The molecule has 0 aliphatic rings. The number of allylic oxidation sites excluding steroid dienone is 4. The van der Waals surface area contributed by atoms with Gasteiger partial charge in [0.1, 0.15) is 5.01 Å². The smallest absolute Gasteiger partial charge is 0.303 e. The van der Waals surface area contributed by atoms with Crippen LogP contribution in [0.2, 0.25) is 0 Å². The quantitative estimate of drug-likeness (QED) is 0.249. The highest BCUT2D eigenvalue weighted by molar-refractivity contribution is 7.15. The van der Waals surface area contributed by atoms with Gasteiger partial charge in [-0.1, -0.05) is 48.9 Å².